The van der Waals surface area contributed by atoms with Gasteiger partial charge >= 0.3 is 6.92 Å². The van der Waals surface area contributed by atoms with E-state index < -0.39 is 0 Å². The summed E-state index contributed by atoms with van der Waals surface area (Å²) < 4.78 is 16.6. The highest BCUT2D eigenvalue weighted by Crippen LogP contribution is 2.33. The van der Waals surface area contributed by atoms with Gasteiger partial charge in [0.05, 0.1) is 20.3 Å². The van der Waals surface area contributed by atoms with E-state index in [4.69, 9.17) is 20.7 Å². The predicted molar refractivity (Wildman–Crippen MR) is 81.8 cm³/mol. The van der Waals surface area contributed by atoms with E-state index in [9.17, 15) is 0 Å². The van der Waals surface area contributed by atoms with Crippen molar-refractivity contribution >= 4 is 18.1 Å². The van der Waals surface area contributed by atoms with Gasteiger partial charge in [0.1, 0.15) is 17.2 Å². The third-order valence-electron chi connectivity index (χ3n) is 3.55. The summed E-state index contributed by atoms with van der Waals surface area (Å²) in [6.07, 6.45) is 0. The fourth-order valence-electron chi connectivity index (χ4n) is 2.42. The molecule has 1 aliphatic rings. The van der Waals surface area contributed by atoms with Gasteiger partial charge in [0.15, 0.2) is 0 Å². The Hall–Kier alpha value is -2.45. The quantitative estimate of drug-likeness (QED) is 0.637. The number of methoxy groups -OCH3 is 1. The molecule has 5 heteroatoms. The third-order valence-corrected chi connectivity index (χ3v) is 3.55. The zero-order chi connectivity index (χ0) is 14.8. The summed E-state index contributed by atoms with van der Waals surface area (Å²) in [4.78, 5) is 3.40. The van der Waals surface area contributed by atoms with E-state index in [0.717, 1.165) is 11.3 Å². The van der Waals surface area contributed by atoms with Crippen molar-refractivity contribution < 1.29 is 14.1 Å². The first-order valence-electron chi connectivity index (χ1n) is 6.69. The molecule has 0 saturated carbocycles. The Morgan fingerprint density at radius 3 is 2.71 bits per heavy atom. The molecule has 1 heterocycles. The van der Waals surface area contributed by atoms with Crippen molar-refractivity contribution in [2.75, 3.05) is 7.11 Å². The SMILES string of the molecule is [C-]#[N+]c1ccc(Oc2ccc3c(c2)COB3C)cc1OC. The molecular weight excluding hydrogens is 265 g/mol. The lowest BCUT2D eigenvalue weighted by atomic mass is 9.64. The van der Waals surface area contributed by atoms with Gasteiger partial charge in [0.2, 0.25) is 5.69 Å². The normalized spacial score (nSPS) is 12.7. The van der Waals surface area contributed by atoms with Gasteiger partial charge in [-0.3, -0.25) is 0 Å². The van der Waals surface area contributed by atoms with Crippen LogP contribution in [0.1, 0.15) is 5.56 Å². The Labute approximate surface area is 124 Å². The van der Waals surface area contributed by atoms with Gasteiger partial charge in [-0.15, -0.1) is 0 Å². The van der Waals surface area contributed by atoms with Gasteiger partial charge in [-0.25, -0.2) is 4.85 Å². The van der Waals surface area contributed by atoms with Crippen molar-refractivity contribution in [1.29, 1.82) is 0 Å². The zero-order valence-electron chi connectivity index (χ0n) is 11.9. The first-order chi connectivity index (χ1) is 10.2. The molecule has 0 bridgehead atoms. The van der Waals surface area contributed by atoms with Crippen molar-refractivity contribution in [2.45, 2.75) is 13.4 Å². The second kappa shape index (κ2) is 5.51. The van der Waals surface area contributed by atoms with Crippen LogP contribution in [0.2, 0.25) is 6.82 Å². The van der Waals surface area contributed by atoms with Crippen molar-refractivity contribution in [3.8, 4) is 17.2 Å². The largest absolute Gasteiger partial charge is 0.508 e. The summed E-state index contributed by atoms with van der Waals surface area (Å²) in [5.74, 6) is 1.91. The van der Waals surface area contributed by atoms with E-state index in [2.05, 4.69) is 4.85 Å². The Kier molecular flexibility index (Phi) is 3.55. The molecule has 3 rings (SSSR count). The fourth-order valence-corrected chi connectivity index (χ4v) is 2.42. The summed E-state index contributed by atoms with van der Waals surface area (Å²) in [6, 6.07) is 11.1. The summed E-state index contributed by atoms with van der Waals surface area (Å²) in [5.41, 5.74) is 2.84. The molecule has 0 amide bonds. The maximum atomic E-state index is 7.07. The first kappa shape index (κ1) is 13.5. The van der Waals surface area contributed by atoms with Gasteiger partial charge < -0.3 is 14.1 Å². The van der Waals surface area contributed by atoms with Crippen LogP contribution in [0.5, 0.6) is 17.2 Å². The molecule has 0 unspecified atom stereocenters. The third kappa shape index (κ3) is 2.58. The second-order valence-electron chi connectivity index (χ2n) is 4.86. The Bertz CT molecular complexity index is 724. The summed E-state index contributed by atoms with van der Waals surface area (Å²) in [7, 11) is 1.54. The number of hydrogen-bond acceptors (Lipinski definition) is 3. The van der Waals surface area contributed by atoms with Crippen LogP contribution in [0.3, 0.4) is 0 Å². The molecule has 0 atom stereocenters. The number of ether oxygens (including phenoxy) is 2. The summed E-state index contributed by atoms with van der Waals surface area (Å²) in [5, 5.41) is 0. The van der Waals surface area contributed by atoms with E-state index in [1.54, 1.807) is 25.3 Å². The molecule has 0 saturated heterocycles. The predicted octanol–water partition coefficient (Wildman–Crippen LogP) is 3.40. The molecular formula is C16H14BNO3. The fraction of sp³-hybridized carbons (Fsp3) is 0.188. The van der Waals surface area contributed by atoms with Crippen LogP contribution < -0.4 is 14.9 Å². The molecule has 0 radical (unpaired) electrons. The summed E-state index contributed by atoms with van der Waals surface area (Å²) in [6.45, 7) is 9.88. The minimum absolute atomic E-state index is 0.145. The van der Waals surface area contributed by atoms with Gasteiger partial charge in [0.25, 0.3) is 0 Å². The molecule has 1 aliphatic heterocycles. The van der Waals surface area contributed by atoms with Crippen LogP contribution in [0, 0.1) is 6.57 Å². The molecule has 2 aromatic rings. The average Bonchev–Trinajstić information content (AvgIpc) is 2.88. The van der Waals surface area contributed by atoms with Crippen LogP contribution in [0.25, 0.3) is 4.85 Å². The van der Waals surface area contributed by atoms with Gasteiger partial charge in [0, 0.05) is 6.07 Å². The lowest BCUT2D eigenvalue weighted by molar-refractivity contribution is 0.333. The Morgan fingerprint density at radius 1 is 1.19 bits per heavy atom. The Balaban J connectivity index is 1.86. The topological polar surface area (TPSA) is 32.0 Å². The molecule has 0 N–H and O–H groups in total. The zero-order valence-corrected chi connectivity index (χ0v) is 11.9. The maximum Gasteiger partial charge on any atom is 0.324 e. The van der Waals surface area contributed by atoms with Gasteiger partial charge in [-0.1, -0.05) is 12.9 Å². The van der Waals surface area contributed by atoms with Crippen molar-refractivity contribution in [2.24, 2.45) is 0 Å². The minimum atomic E-state index is 0.145. The lowest BCUT2D eigenvalue weighted by Gasteiger charge is -2.10. The highest BCUT2D eigenvalue weighted by Gasteiger charge is 2.23. The molecule has 0 aromatic heterocycles. The van der Waals surface area contributed by atoms with Crippen molar-refractivity contribution in [3.05, 3.63) is 53.4 Å². The molecule has 0 fully saturated rings. The number of nitrogens with zero attached hydrogens (tertiary/aromatic N) is 1. The van der Waals surface area contributed by atoms with E-state index in [1.165, 1.54) is 5.46 Å². The van der Waals surface area contributed by atoms with E-state index in [1.807, 2.05) is 25.0 Å². The van der Waals surface area contributed by atoms with Crippen LogP contribution in [-0.2, 0) is 11.3 Å². The maximum absolute atomic E-state index is 7.07. The molecule has 21 heavy (non-hydrogen) atoms. The monoisotopic (exact) mass is 279 g/mol. The van der Waals surface area contributed by atoms with Crippen LogP contribution in [0.4, 0.5) is 5.69 Å². The molecule has 4 nitrogen and oxygen atoms in total. The highest BCUT2D eigenvalue weighted by molar-refractivity contribution is 6.67. The molecule has 2 aromatic carbocycles. The van der Waals surface area contributed by atoms with E-state index >= 15 is 0 Å². The molecule has 104 valence electrons. The number of fused-ring (bicyclic) bond motifs is 1. The van der Waals surface area contributed by atoms with Crippen LogP contribution >= 0.6 is 0 Å². The first-order valence-corrected chi connectivity index (χ1v) is 6.69. The number of hydrogen-bond donors (Lipinski definition) is 0. The van der Waals surface area contributed by atoms with Gasteiger partial charge in [-0.2, -0.15) is 0 Å². The molecule has 0 spiro atoms. The van der Waals surface area contributed by atoms with E-state index in [0.29, 0.717) is 23.8 Å². The Morgan fingerprint density at radius 2 is 1.95 bits per heavy atom. The number of benzene rings is 2. The highest BCUT2D eigenvalue weighted by atomic mass is 16.5. The van der Waals surface area contributed by atoms with Crippen molar-refractivity contribution in [1.82, 2.24) is 0 Å². The second-order valence-corrected chi connectivity index (χ2v) is 4.86. The number of rotatable bonds is 3. The van der Waals surface area contributed by atoms with Crippen LogP contribution in [-0.4, -0.2) is 14.0 Å². The summed E-state index contributed by atoms with van der Waals surface area (Å²) >= 11 is 0. The van der Waals surface area contributed by atoms with Gasteiger partial charge in [-0.05, 0) is 35.3 Å². The minimum Gasteiger partial charge on any atom is -0.508 e. The van der Waals surface area contributed by atoms with Crippen molar-refractivity contribution in [3.63, 3.8) is 0 Å². The van der Waals surface area contributed by atoms with E-state index in [-0.39, 0.29) is 6.92 Å². The average molecular weight is 279 g/mol. The standard InChI is InChI=1S/C16H14BNO3/c1-17-14-6-4-12(8-11(14)10-20-17)21-13-5-7-15(18-2)16(9-13)19-3/h4-9H,10H2,1,3H3. The lowest BCUT2D eigenvalue weighted by Crippen LogP contribution is -2.23. The van der Waals surface area contributed by atoms with Crippen LogP contribution in [0.15, 0.2) is 36.4 Å². The smallest absolute Gasteiger partial charge is 0.324 e. The molecule has 0 aliphatic carbocycles.